The molecule has 3 rings (SSSR count). The number of rotatable bonds is 6. The minimum absolute atomic E-state index is 0. The van der Waals surface area contributed by atoms with Crippen molar-refractivity contribution in [2.45, 2.75) is 69.2 Å². The van der Waals surface area contributed by atoms with Gasteiger partial charge in [0.15, 0.2) is 11.5 Å². The van der Waals surface area contributed by atoms with Gasteiger partial charge in [0.1, 0.15) is 0 Å². The molecule has 2 fully saturated rings. The quantitative estimate of drug-likeness (QED) is 0.744. The van der Waals surface area contributed by atoms with Crippen molar-refractivity contribution >= 4 is 18.3 Å². The highest BCUT2D eigenvalue weighted by Gasteiger charge is 2.36. The Morgan fingerprint density at radius 3 is 2.46 bits per heavy atom. The third kappa shape index (κ3) is 5.12. The highest BCUT2D eigenvalue weighted by molar-refractivity contribution is 5.85. The Kier molecular flexibility index (Phi) is 8.44. The largest absolute Gasteiger partial charge is 0.493 e. The molecule has 0 heterocycles. The maximum absolute atomic E-state index is 12.8. The van der Waals surface area contributed by atoms with Crippen LogP contribution in [-0.2, 0) is 10.2 Å². The minimum Gasteiger partial charge on any atom is -0.493 e. The van der Waals surface area contributed by atoms with Gasteiger partial charge in [0, 0.05) is 23.9 Å². The molecule has 0 spiro atoms. The topological polar surface area (TPSA) is 73.6 Å². The second-order valence-electron chi connectivity index (χ2n) is 8.25. The van der Waals surface area contributed by atoms with Crippen LogP contribution in [0.4, 0.5) is 0 Å². The number of carbonyl (C=O) groups is 1. The molecule has 2 aliphatic carbocycles. The molecule has 1 aromatic rings. The highest BCUT2D eigenvalue weighted by Crippen LogP contribution is 2.42. The van der Waals surface area contributed by atoms with Gasteiger partial charge in [0.25, 0.3) is 0 Å². The molecule has 2 saturated carbocycles. The summed E-state index contributed by atoms with van der Waals surface area (Å²) in [6.07, 6.45) is 9.70. The summed E-state index contributed by atoms with van der Waals surface area (Å²) in [6.45, 7) is 0.688. The van der Waals surface area contributed by atoms with Gasteiger partial charge in [0.2, 0.25) is 5.91 Å². The average molecular weight is 411 g/mol. The van der Waals surface area contributed by atoms with Crippen LogP contribution in [0.25, 0.3) is 0 Å². The summed E-state index contributed by atoms with van der Waals surface area (Å²) in [5, 5.41) is 3.28. The predicted molar refractivity (Wildman–Crippen MR) is 115 cm³/mol. The summed E-state index contributed by atoms with van der Waals surface area (Å²) in [5.74, 6) is 1.74. The molecule has 5 nitrogen and oxygen atoms in total. The normalized spacial score (nSPS) is 24.0. The molecule has 1 aromatic carbocycles. The zero-order valence-electron chi connectivity index (χ0n) is 17.2. The van der Waals surface area contributed by atoms with Crippen molar-refractivity contribution in [3.05, 3.63) is 23.8 Å². The second kappa shape index (κ2) is 10.4. The number of halogens is 1. The summed E-state index contributed by atoms with van der Waals surface area (Å²) in [7, 11) is 3.33. The van der Waals surface area contributed by atoms with E-state index in [0.29, 0.717) is 6.54 Å². The number of nitrogens with two attached hydrogens (primary N) is 1. The molecule has 2 aliphatic rings. The van der Waals surface area contributed by atoms with Crippen molar-refractivity contribution < 1.29 is 14.3 Å². The van der Waals surface area contributed by atoms with E-state index in [4.69, 9.17) is 15.2 Å². The van der Waals surface area contributed by atoms with Gasteiger partial charge in [-0.3, -0.25) is 4.79 Å². The van der Waals surface area contributed by atoms with Crippen molar-refractivity contribution in [1.29, 1.82) is 0 Å². The first-order chi connectivity index (χ1) is 13.1. The van der Waals surface area contributed by atoms with E-state index in [1.807, 2.05) is 6.07 Å². The SMILES string of the molecule is COc1ccc(C2(CNC(=O)C3CCCC(N)C3)CCCCC2)cc1OC.Cl. The van der Waals surface area contributed by atoms with E-state index in [1.54, 1.807) is 14.2 Å². The summed E-state index contributed by atoms with van der Waals surface area (Å²) in [4.78, 5) is 12.8. The van der Waals surface area contributed by atoms with Crippen molar-refractivity contribution in [3.8, 4) is 11.5 Å². The molecule has 2 unspecified atom stereocenters. The van der Waals surface area contributed by atoms with Crippen LogP contribution in [0.2, 0.25) is 0 Å². The van der Waals surface area contributed by atoms with E-state index >= 15 is 0 Å². The molecule has 158 valence electrons. The van der Waals surface area contributed by atoms with Crippen LogP contribution in [0.1, 0.15) is 63.4 Å². The number of hydrogen-bond acceptors (Lipinski definition) is 4. The van der Waals surface area contributed by atoms with E-state index in [9.17, 15) is 4.79 Å². The number of ether oxygens (including phenoxy) is 2. The molecule has 3 N–H and O–H groups in total. The molecular formula is C22H35ClN2O3. The van der Waals surface area contributed by atoms with Gasteiger partial charge in [0.05, 0.1) is 14.2 Å². The first kappa shape index (κ1) is 22.8. The number of nitrogens with one attached hydrogen (secondary N) is 1. The van der Waals surface area contributed by atoms with Gasteiger partial charge in [-0.1, -0.05) is 31.7 Å². The molecule has 0 radical (unpaired) electrons. The third-order valence-electron chi connectivity index (χ3n) is 6.49. The van der Waals surface area contributed by atoms with Crippen molar-refractivity contribution in [2.24, 2.45) is 11.7 Å². The standard InChI is InChI=1S/C22H34N2O3.ClH/c1-26-19-10-9-17(14-20(19)27-2)22(11-4-3-5-12-22)15-24-21(25)16-7-6-8-18(23)13-16;/h9-10,14,16,18H,3-8,11-13,15,23H2,1-2H3,(H,24,25);1H. The number of hydrogen-bond donors (Lipinski definition) is 2. The fourth-order valence-electron chi connectivity index (χ4n) is 4.83. The minimum atomic E-state index is -0.0236. The van der Waals surface area contributed by atoms with Crippen LogP contribution in [0.15, 0.2) is 18.2 Å². The predicted octanol–water partition coefficient (Wildman–Crippen LogP) is 3.96. The molecule has 1 amide bonds. The number of carbonyl (C=O) groups excluding carboxylic acids is 1. The van der Waals surface area contributed by atoms with Crippen LogP contribution in [0.3, 0.4) is 0 Å². The van der Waals surface area contributed by atoms with E-state index in [0.717, 1.165) is 50.0 Å². The molecule has 6 heteroatoms. The maximum atomic E-state index is 12.8. The highest BCUT2D eigenvalue weighted by atomic mass is 35.5. The molecule has 0 aromatic heterocycles. The first-order valence-electron chi connectivity index (χ1n) is 10.3. The number of methoxy groups -OCH3 is 2. The Bertz CT molecular complexity index is 647. The van der Waals surface area contributed by atoms with Gasteiger partial charge in [-0.05, 0) is 49.8 Å². The van der Waals surface area contributed by atoms with Crippen molar-refractivity contribution in [2.75, 3.05) is 20.8 Å². The zero-order valence-corrected chi connectivity index (χ0v) is 18.0. The molecule has 2 atom stereocenters. The Morgan fingerprint density at radius 1 is 1.11 bits per heavy atom. The van der Waals surface area contributed by atoms with Crippen molar-refractivity contribution in [3.63, 3.8) is 0 Å². The Labute approximate surface area is 175 Å². The van der Waals surface area contributed by atoms with Gasteiger partial charge in [-0.15, -0.1) is 12.4 Å². The van der Waals surface area contributed by atoms with Gasteiger partial charge >= 0.3 is 0 Å². The molecule has 28 heavy (non-hydrogen) atoms. The van der Waals surface area contributed by atoms with E-state index in [-0.39, 0.29) is 35.7 Å². The van der Waals surface area contributed by atoms with Gasteiger partial charge in [-0.2, -0.15) is 0 Å². The van der Waals surface area contributed by atoms with E-state index in [2.05, 4.69) is 17.4 Å². The van der Waals surface area contributed by atoms with Gasteiger partial charge in [-0.25, -0.2) is 0 Å². The van der Waals surface area contributed by atoms with Crippen LogP contribution in [0, 0.1) is 5.92 Å². The molecule has 0 aliphatic heterocycles. The van der Waals surface area contributed by atoms with Crippen LogP contribution < -0.4 is 20.5 Å². The van der Waals surface area contributed by atoms with E-state index in [1.165, 1.54) is 24.8 Å². The fraction of sp³-hybridized carbons (Fsp3) is 0.682. The van der Waals surface area contributed by atoms with Crippen molar-refractivity contribution in [1.82, 2.24) is 5.32 Å². The number of benzene rings is 1. The summed E-state index contributed by atoms with van der Waals surface area (Å²) in [6, 6.07) is 6.37. The third-order valence-corrected chi connectivity index (χ3v) is 6.49. The smallest absolute Gasteiger partial charge is 0.223 e. The lowest BCUT2D eigenvalue weighted by atomic mass is 9.69. The summed E-state index contributed by atoms with van der Waals surface area (Å²) >= 11 is 0. The van der Waals surface area contributed by atoms with Crippen LogP contribution in [0.5, 0.6) is 11.5 Å². The molecule has 0 saturated heterocycles. The Hall–Kier alpha value is -1.46. The molecular weight excluding hydrogens is 376 g/mol. The Balaban J connectivity index is 0.00000280. The lowest BCUT2D eigenvalue weighted by molar-refractivity contribution is -0.126. The molecule has 0 bridgehead atoms. The fourth-order valence-corrected chi connectivity index (χ4v) is 4.83. The summed E-state index contributed by atoms with van der Waals surface area (Å²) < 4.78 is 10.9. The van der Waals surface area contributed by atoms with Crippen LogP contribution in [-0.4, -0.2) is 32.7 Å². The lowest BCUT2D eigenvalue weighted by Crippen LogP contribution is -2.45. The number of amides is 1. The Morgan fingerprint density at radius 2 is 1.82 bits per heavy atom. The first-order valence-corrected chi connectivity index (χ1v) is 10.3. The lowest BCUT2D eigenvalue weighted by Gasteiger charge is -2.39. The summed E-state index contributed by atoms with van der Waals surface area (Å²) in [5.41, 5.74) is 7.29. The second-order valence-corrected chi connectivity index (χ2v) is 8.25. The maximum Gasteiger partial charge on any atom is 0.223 e. The van der Waals surface area contributed by atoms with Gasteiger partial charge < -0.3 is 20.5 Å². The monoisotopic (exact) mass is 410 g/mol. The zero-order chi connectivity index (χ0) is 19.3. The average Bonchev–Trinajstić information content (AvgIpc) is 2.72. The van der Waals surface area contributed by atoms with E-state index < -0.39 is 0 Å². The van der Waals surface area contributed by atoms with Crippen LogP contribution >= 0.6 is 12.4 Å².